The van der Waals surface area contributed by atoms with Crippen LogP contribution in [0.25, 0.3) is 0 Å². The first kappa shape index (κ1) is 15.9. The van der Waals surface area contributed by atoms with E-state index >= 15 is 0 Å². The fourth-order valence-electron chi connectivity index (χ4n) is 1.70. The van der Waals surface area contributed by atoms with Gasteiger partial charge in [-0.15, -0.1) is 0 Å². The maximum atomic E-state index is 9.43. The van der Waals surface area contributed by atoms with Crippen molar-refractivity contribution in [3.05, 3.63) is 0 Å². The van der Waals surface area contributed by atoms with E-state index in [9.17, 15) is 10.2 Å². The Balaban J connectivity index is 4.13. The van der Waals surface area contributed by atoms with Crippen molar-refractivity contribution >= 4 is 0 Å². The van der Waals surface area contributed by atoms with E-state index in [-0.39, 0.29) is 24.0 Å². The summed E-state index contributed by atoms with van der Waals surface area (Å²) < 4.78 is 0. The topological polar surface area (TPSA) is 52.5 Å². The van der Waals surface area contributed by atoms with Gasteiger partial charge in [-0.2, -0.15) is 0 Å². The molecule has 1 atom stereocenters. The Morgan fingerprint density at radius 3 is 1.75 bits per heavy atom. The van der Waals surface area contributed by atoms with Crippen LogP contribution in [-0.4, -0.2) is 36.5 Å². The monoisotopic (exact) mass is 231 g/mol. The van der Waals surface area contributed by atoms with Gasteiger partial charge in [0.2, 0.25) is 0 Å². The first-order valence-corrected chi connectivity index (χ1v) is 6.44. The molecule has 0 aliphatic carbocycles. The quantitative estimate of drug-likeness (QED) is 0.567. The summed E-state index contributed by atoms with van der Waals surface area (Å²) >= 11 is 0. The lowest BCUT2D eigenvalue weighted by Gasteiger charge is -2.33. The van der Waals surface area contributed by atoms with Gasteiger partial charge < -0.3 is 15.5 Å². The van der Waals surface area contributed by atoms with Gasteiger partial charge in [-0.3, -0.25) is 0 Å². The molecule has 0 aromatic rings. The minimum absolute atomic E-state index is 0.00407. The van der Waals surface area contributed by atoms with Gasteiger partial charge in [-0.05, 0) is 19.3 Å². The summed E-state index contributed by atoms with van der Waals surface area (Å²) in [6.07, 6.45) is 2.92. The van der Waals surface area contributed by atoms with Gasteiger partial charge in [0.15, 0.2) is 0 Å². The highest BCUT2D eigenvalue weighted by atomic mass is 16.3. The van der Waals surface area contributed by atoms with Crippen LogP contribution in [0.4, 0.5) is 0 Å². The van der Waals surface area contributed by atoms with E-state index in [2.05, 4.69) is 33.0 Å². The molecule has 3 nitrogen and oxygen atoms in total. The normalized spacial score (nSPS) is 16.1. The molecule has 0 heterocycles. The van der Waals surface area contributed by atoms with Gasteiger partial charge in [0.05, 0.1) is 0 Å². The van der Waals surface area contributed by atoms with Crippen molar-refractivity contribution in [2.75, 3.05) is 26.3 Å². The van der Waals surface area contributed by atoms with Crippen molar-refractivity contribution in [2.24, 2.45) is 10.8 Å². The van der Waals surface area contributed by atoms with Crippen molar-refractivity contribution in [1.82, 2.24) is 5.32 Å². The highest BCUT2D eigenvalue weighted by molar-refractivity contribution is 4.81. The first-order chi connectivity index (χ1) is 7.51. The van der Waals surface area contributed by atoms with Crippen molar-refractivity contribution in [1.29, 1.82) is 0 Å². The van der Waals surface area contributed by atoms with Crippen molar-refractivity contribution in [2.45, 2.75) is 47.0 Å². The molecule has 0 spiro atoms. The summed E-state index contributed by atoms with van der Waals surface area (Å²) in [5.41, 5.74) is -0.0349. The number of rotatable bonds is 9. The lowest BCUT2D eigenvalue weighted by Crippen LogP contribution is -2.42. The molecule has 98 valence electrons. The molecule has 3 heteroatoms. The van der Waals surface area contributed by atoms with Crippen LogP contribution < -0.4 is 5.32 Å². The third-order valence-electron chi connectivity index (χ3n) is 4.12. The van der Waals surface area contributed by atoms with E-state index in [1.165, 1.54) is 0 Å². The predicted molar refractivity (Wildman–Crippen MR) is 68.5 cm³/mol. The standard InChI is InChI=1S/C13H29NO2/c1-5-12(4,10-15)8-14-9-13(6-2,7-3)11-16/h14-16H,5-11H2,1-4H3. The largest absolute Gasteiger partial charge is 0.396 e. The molecule has 0 fully saturated rings. The number of aliphatic hydroxyl groups is 2. The van der Waals surface area contributed by atoms with Crippen LogP contribution in [0.5, 0.6) is 0 Å². The van der Waals surface area contributed by atoms with Gasteiger partial charge in [-0.25, -0.2) is 0 Å². The van der Waals surface area contributed by atoms with Crippen molar-refractivity contribution in [3.8, 4) is 0 Å². The minimum Gasteiger partial charge on any atom is -0.396 e. The molecule has 0 saturated heterocycles. The van der Waals surface area contributed by atoms with Gasteiger partial charge >= 0.3 is 0 Å². The fourth-order valence-corrected chi connectivity index (χ4v) is 1.70. The zero-order valence-corrected chi connectivity index (χ0v) is 11.3. The SMILES string of the molecule is CCC(C)(CO)CNCC(CC)(CC)CO. The molecule has 0 radical (unpaired) electrons. The smallest absolute Gasteiger partial charge is 0.0499 e. The third-order valence-corrected chi connectivity index (χ3v) is 4.12. The molecule has 0 amide bonds. The average Bonchev–Trinajstić information content (AvgIpc) is 2.35. The lowest BCUT2D eigenvalue weighted by atomic mass is 9.82. The molecule has 16 heavy (non-hydrogen) atoms. The highest BCUT2D eigenvalue weighted by Gasteiger charge is 2.27. The molecule has 0 aromatic carbocycles. The molecule has 1 unspecified atom stereocenters. The van der Waals surface area contributed by atoms with Gasteiger partial charge in [0, 0.05) is 37.1 Å². The van der Waals surface area contributed by atoms with Gasteiger partial charge in [-0.1, -0.05) is 27.7 Å². The van der Waals surface area contributed by atoms with Crippen molar-refractivity contribution < 1.29 is 10.2 Å². The highest BCUT2D eigenvalue weighted by Crippen LogP contribution is 2.25. The maximum Gasteiger partial charge on any atom is 0.0499 e. The Labute approximate surface area is 100 Å². The van der Waals surface area contributed by atoms with Gasteiger partial charge in [0.1, 0.15) is 0 Å². The van der Waals surface area contributed by atoms with Crippen LogP contribution in [0, 0.1) is 10.8 Å². The molecule has 0 saturated carbocycles. The van der Waals surface area contributed by atoms with Crippen LogP contribution in [0.3, 0.4) is 0 Å². The van der Waals surface area contributed by atoms with Crippen molar-refractivity contribution in [3.63, 3.8) is 0 Å². The predicted octanol–water partition coefficient (Wildman–Crippen LogP) is 1.78. The first-order valence-electron chi connectivity index (χ1n) is 6.44. The molecule has 0 aliphatic heterocycles. The summed E-state index contributed by atoms with van der Waals surface area (Å²) in [5, 5.41) is 22.1. The van der Waals surface area contributed by atoms with Crippen LogP contribution in [-0.2, 0) is 0 Å². The number of nitrogens with one attached hydrogen (secondary N) is 1. The molecule has 0 rings (SSSR count). The Bertz CT molecular complexity index is 167. The van der Waals surface area contributed by atoms with E-state index in [4.69, 9.17) is 0 Å². The molecule has 0 bridgehead atoms. The van der Waals surface area contributed by atoms with Crippen LogP contribution >= 0.6 is 0 Å². The summed E-state index contributed by atoms with van der Waals surface area (Å²) in [5.74, 6) is 0. The van der Waals surface area contributed by atoms with E-state index in [0.29, 0.717) is 0 Å². The fraction of sp³-hybridized carbons (Fsp3) is 1.00. The zero-order chi connectivity index (χ0) is 12.7. The summed E-state index contributed by atoms with van der Waals surface area (Å²) in [7, 11) is 0. The maximum absolute atomic E-state index is 9.43. The third kappa shape index (κ3) is 4.40. The number of hydrogen-bond acceptors (Lipinski definition) is 3. The number of aliphatic hydroxyl groups excluding tert-OH is 2. The molecular formula is C13H29NO2. The van der Waals surface area contributed by atoms with Crippen LogP contribution in [0.1, 0.15) is 47.0 Å². The summed E-state index contributed by atoms with van der Waals surface area (Å²) in [6.45, 7) is 10.5. The molecule has 0 aromatic heterocycles. The minimum atomic E-state index is -0.0390. The van der Waals surface area contributed by atoms with E-state index in [1.807, 2.05) is 0 Å². The summed E-state index contributed by atoms with van der Waals surface area (Å²) in [4.78, 5) is 0. The Hall–Kier alpha value is -0.120. The Kier molecular flexibility index (Phi) is 7.20. The second-order valence-corrected chi connectivity index (χ2v) is 5.29. The van der Waals surface area contributed by atoms with Gasteiger partial charge in [0.25, 0.3) is 0 Å². The second-order valence-electron chi connectivity index (χ2n) is 5.29. The zero-order valence-electron chi connectivity index (χ0n) is 11.3. The Morgan fingerprint density at radius 1 is 0.875 bits per heavy atom. The molecule has 0 aliphatic rings. The molecular weight excluding hydrogens is 202 g/mol. The second kappa shape index (κ2) is 7.25. The van der Waals surface area contributed by atoms with Crippen LogP contribution in [0.2, 0.25) is 0 Å². The Morgan fingerprint density at radius 2 is 1.44 bits per heavy atom. The summed E-state index contributed by atoms with van der Waals surface area (Å²) in [6, 6.07) is 0. The van der Waals surface area contributed by atoms with Crippen LogP contribution in [0.15, 0.2) is 0 Å². The van der Waals surface area contributed by atoms with E-state index in [0.717, 1.165) is 32.4 Å². The van der Waals surface area contributed by atoms with E-state index < -0.39 is 0 Å². The lowest BCUT2D eigenvalue weighted by molar-refractivity contribution is 0.0964. The van der Waals surface area contributed by atoms with E-state index in [1.54, 1.807) is 0 Å². The average molecular weight is 231 g/mol. The molecule has 3 N–H and O–H groups in total. The number of hydrogen-bond donors (Lipinski definition) is 3.